The number of nitrogens with zero attached hydrogens (tertiary/aromatic N) is 3. The molecule has 0 aliphatic carbocycles. The molecule has 0 radical (unpaired) electrons. The Bertz CT molecular complexity index is 497. The normalized spacial score (nSPS) is 9.94. The number of anilines is 1. The Morgan fingerprint density at radius 3 is 3.12 bits per heavy atom. The fraction of sp³-hybridized carbons (Fsp3) is 0.200. The van der Waals surface area contributed by atoms with E-state index in [0.29, 0.717) is 12.4 Å². The number of esters is 1. The monoisotopic (exact) mass is 233 g/mol. The number of nitrogens with one attached hydrogen (secondary N) is 2. The molecule has 2 aromatic heterocycles. The fourth-order valence-electron chi connectivity index (χ4n) is 1.22. The molecule has 2 heterocycles. The maximum Gasteiger partial charge on any atom is 0.358 e. The molecule has 0 fully saturated rings. The van der Waals surface area contributed by atoms with Crippen LogP contribution in [0, 0.1) is 0 Å². The first-order chi connectivity index (χ1) is 8.29. The summed E-state index contributed by atoms with van der Waals surface area (Å²) in [6.45, 7) is 0.527. The molecule has 0 saturated carbocycles. The van der Waals surface area contributed by atoms with Crippen LogP contribution in [-0.4, -0.2) is 33.2 Å². The van der Waals surface area contributed by atoms with E-state index >= 15 is 0 Å². The van der Waals surface area contributed by atoms with E-state index in [1.54, 1.807) is 6.20 Å². The zero-order valence-corrected chi connectivity index (χ0v) is 9.17. The zero-order chi connectivity index (χ0) is 12.1. The summed E-state index contributed by atoms with van der Waals surface area (Å²) in [4.78, 5) is 19.2. The van der Waals surface area contributed by atoms with E-state index in [4.69, 9.17) is 0 Å². The molecule has 0 bridgehead atoms. The maximum atomic E-state index is 11.2. The molecular weight excluding hydrogens is 222 g/mol. The van der Waals surface area contributed by atoms with Gasteiger partial charge in [-0.05, 0) is 6.07 Å². The Labute approximate surface area is 97.2 Å². The van der Waals surface area contributed by atoms with Gasteiger partial charge >= 0.3 is 5.97 Å². The van der Waals surface area contributed by atoms with Gasteiger partial charge in [0.05, 0.1) is 31.7 Å². The molecule has 0 atom stereocenters. The van der Waals surface area contributed by atoms with Crippen molar-refractivity contribution in [3.05, 3.63) is 36.0 Å². The average Bonchev–Trinajstić information content (AvgIpc) is 2.89. The van der Waals surface area contributed by atoms with Gasteiger partial charge in [0.1, 0.15) is 5.82 Å². The van der Waals surface area contributed by atoms with Crippen molar-refractivity contribution in [1.82, 2.24) is 20.2 Å². The van der Waals surface area contributed by atoms with Gasteiger partial charge in [0, 0.05) is 6.20 Å². The van der Waals surface area contributed by atoms with Crippen LogP contribution in [0.4, 0.5) is 5.82 Å². The molecule has 0 amide bonds. The molecule has 88 valence electrons. The number of methoxy groups -OCH3 is 1. The summed E-state index contributed by atoms with van der Waals surface area (Å²) in [5, 5.41) is 9.64. The standard InChI is InChI=1S/C10H11N5O2/c1-17-10(16)8-5-11-6-9(14-8)12-4-7-2-3-13-15-7/h2-3,5-6H,4H2,1H3,(H,12,14)(H,13,15). The second kappa shape index (κ2) is 5.06. The summed E-state index contributed by atoms with van der Waals surface area (Å²) < 4.78 is 4.56. The average molecular weight is 233 g/mol. The Hall–Kier alpha value is -2.44. The van der Waals surface area contributed by atoms with Gasteiger partial charge in [0.15, 0.2) is 5.69 Å². The Kier molecular flexibility index (Phi) is 3.29. The molecule has 2 N–H and O–H groups in total. The summed E-state index contributed by atoms with van der Waals surface area (Å²) in [6.07, 6.45) is 4.55. The van der Waals surface area contributed by atoms with Gasteiger partial charge in [-0.1, -0.05) is 0 Å². The number of carbonyl (C=O) groups is 1. The fourth-order valence-corrected chi connectivity index (χ4v) is 1.22. The van der Waals surface area contributed by atoms with E-state index in [-0.39, 0.29) is 5.69 Å². The largest absolute Gasteiger partial charge is 0.464 e. The Morgan fingerprint density at radius 1 is 1.53 bits per heavy atom. The lowest BCUT2D eigenvalue weighted by Gasteiger charge is -2.04. The lowest BCUT2D eigenvalue weighted by atomic mass is 10.4. The van der Waals surface area contributed by atoms with Crippen LogP contribution in [0.2, 0.25) is 0 Å². The number of aromatic nitrogens is 4. The molecule has 2 rings (SSSR count). The maximum absolute atomic E-state index is 11.2. The summed E-state index contributed by atoms with van der Waals surface area (Å²) >= 11 is 0. The quantitative estimate of drug-likeness (QED) is 0.751. The van der Waals surface area contributed by atoms with Crippen LogP contribution >= 0.6 is 0 Å². The van der Waals surface area contributed by atoms with Crippen molar-refractivity contribution in [2.24, 2.45) is 0 Å². The Balaban J connectivity index is 2.03. The molecular formula is C10H11N5O2. The van der Waals surface area contributed by atoms with Crippen molar-refractivity contribution in [3.8, 4) is 0 Å². The highest BCUT2D eigenvalue weighted by molar-refractivity contribution is 5.87. The van der Waals surface area contributed by atoms with E-state index in [1.165, 1.54) is 19.5 Å². The lowest BCUT2D eigenvalue weighted by Crippen LogP contribution is -2.08. The van der Waals surface area contributed by atoms with E-state index in [2.05, 4.69) is 30.2 Å². The van der Waals surface area contributed by atoms with Gasteiger partial charge < -0.3 is 10.1 Å². The number of rotatable bonds is 4. The minimum atomic E-state index is -0.511. The first-order valence-electron chi connectivity index (χ1n) is 4.92. The van der Waals surface area contributed by atoms with Crippen LogP contribution in [0.15, 0.2) is 24.7 Å². The third-order valence-electron chi connectivity index (χ3n) is 2.05. The molecule has 2 aromatic rings. The van der Waals surface area contributed by atoms with Crippen LogP contribution in [0.5, 0.6) is 0 Å². The number of ether oxygens (including phenoxy) is 1. The van der Waals surface area contributed by atoms with Crippen molar-refractivity contribution >= 4 is 11.8 Å². The summed E-state index contributed by atoms with van der Waals surface area (Å²) in [5.41, 5.74) is 1.08. The minimum absolute atomic E-state index is 0.169. The minimum Gasteiger partial charge on any atom is -0.464 e. The van der Waals surface area contributed by atoms with Crippen LogP contribution in [-0.2, 0) is 11.3 Å². The van der Waals surface area contributed by atoms with E-state index < -0.39 is 5.97 Å². The third-order valence-corrected chi connectivity index (χ3v) is 2.05. The van der Waals surface area contributed by atoms with Gasteiger partial charge in [0.25, 0.3) is 0 Å². The molecule has 0 saturated heterocycles. The molecule has 17 heavy (non-hydrogen) atoms. The summed E-state index contributed by atoms with van der Waals surface area (Å²) in [6, 6.07) is 1.84. The van der Waals surface area contributed by atoms with Crippen molar-refractivity contribution < 1.29 is 9.53 Å². The number of aromatic amines is 1. The van der Waals surface area contributed by atoms with Crippen LogP contribution < -0.4 is 5.32 Å². The number of hydrogen-bond acceptors (Lipinski definition) is 6. The molecule has 0 unspecified atom stereocenters. The first-order valence-corrected chi connectivity index (χ1v) is 4.92. The van der Waals surface area contributed by atoms with Gasteiger partial charge in [0.2, 0.25) is 0 Å². The molecule has 0 aromatic carbocycles. The third kappa shape index (κ3) is 2.77. The van der Waals surface area contributed by atoms with Crippen LogP contribution in [0.3, 0.4) is 0 Å². The van der Waals surface area contributed by atoms with Crippen LogP contribution in [0.1, 0.15) is 16.2 Å². The first kappa shape index (κ1) is 11.1. The predicted octanol–water partition coefficient (Wildman–Crippen LogP) is 0.598. The highest BCUT2D eigenvalue weighted by Crippen LogP contribution is 2.05. The van der Waals surface area contributed by atoms with Gasteiger partial charge in [-0.2, -0.15) is 5.10 Å². The summed E-state index contributed by atoms with van der Waals surface area (Å²) in [5.74, 6) is -0.00908. The van der Waals surface area contributed by atoms with Crippen molar-refractivity contribution in [3.63, 3.8) is 0 Å². The molecule has 7 nitrogen and oxygen atoms in total. The van der Waals surface area contributed by atoms with Crippen molar-refractivity contribution in [1.29, 1.82) is 0 Å². The number of hydrogen-bond donors (Lipinski definition) is 2. The molecule has 0 aliphatic heterocycles. The van der Waals surface area contributed by atoms with E-state index in [9.17, 15) is 4.79 Å². The summed E-state index contributed by atoms with van der Waals surface area (Å²) in [7, 11) is 1.30. The predicted molar refractivity (Wildman–Crippen MR) is 59.3 cm³/mol. The molecule has 7 heteroatoms. The number of carbonyl (C=O) groups excluding carboxylic acids is 1. The van der Waals surface area contributed by atoms with E-state index in [1.807, 2.05) is 6.07 Å². The van der Waals surface area contributed by atoms with Crippen molar-refractivity contribution in [2.75, 3.05) is 12.4 Å². The highest BCUT2D eigenvalue weighted by Gasteiger charge is 2.08. The SMILES string of the molecule is COC(=O)c1cncc(NCc2ccn[nH]2)n1. The smallest absolute Gasteiger partial charge is 0.358 e. The second-order valence-corrected chi connectivity index (χ2v) is 3.22. The van der Waals surface area contributed by atoms with Gasteiger partial charge in [-0.25, -0.2) is 9.78 Å². The topological polar surface area (TPSA) is 92.8 Å². The van der Waals surface area contributed by atoms with Crippen molar-refractivity contribution in [2.45, 2.75) is 6.54 Å². The highest BCUT2D eigenvalue weighted by atomic mass is 16.5. The van der Waals surface area contributed by atoms with Crippen LogP contribution in [0.25, 0.3) is 0 Å². The van der Waals surface area contributed by atoms with E-state index in [0.717, 1.165) is 5.69 Å². The molecule has 0 aliphatic rings. The molecule has 0 spiro atoms. The lowest BCUT2D eigenvalue weighted by molar-refractivity contribution is 0.0593. The Morgan fingerprint density at radius 2 is 2.41 bits per heavy atom. The zero-order valence-electron chi connectivity index (χ0n) is 9.17. The van der Waals surface area contributed by atoms with Gasteiger partial charge in [-0.15, -0.1) is 0 Å². The second-order valence-electron chi connectivity index (χ2n) is 3.22. The number of H-pyrrole nitrogens is 1. The van der Waals surface area contributed by atoms with Gasteiger partial charge in [-0.3, -0.25) is 10.1 Å².